The van der Waals surface area contributed by atoms with Crippen LogP contribution in [0.5, 0.6) is 5.75 Å². The maximum atomic E-state index is 13.2. The van der Waals surface area contributed by atoms with Gasteiger partial charge in [0.25, 0.3) is 5.91 Å². The van der Waals surface area contributed by atoms with Crippen molar-refractivity contribution >= 4 is 15.9 Å². The van der Waals surface area contributed by atoms with Crippen molar-refractivity contribution in [2.45, 2.75) is 67.9 Å². The number of hydrogen-bond donors (Lipinski definition) is 1. The van der Waals surface area contributed by atoms with E-state index in [1.807, 2.05) is 18.2 Å². The molecule has 1 saturated carbocycles. The molecule has 0 spiro atoms. The Bertz CT molecular complexity index is 926. The van der Waals surface area contributed by atoms with Crippen LogP contribution in [0.15, 0.2) is 24.3 Å². The highest BCUT2D eigenvalue weighted by atomic mass is 32.2. The molecule has 2 saturated heterocycles. The zero-order valence-corrected chi connectivity index (χ0v) is 19.1. The number of rotatable bonds is 3. The molecule has 176 valence electrons. The molecule has 0 unspecified atom stereocenters. The van der Waals surface area contributed by atoms with Crippen LogP contribution < -0.4 is 9.46 Å². The van der Waals surface area contributed by atoms with Crippen LogP contribution in [0.3, 0.4) is 0 Å². The first-order valence-electron chi connectivity index (χ1n) is 11.7. The van der Waals surface area contributed by atoms with Gasteiger partial charge in [0.2, 0.25) is 10.0 Å². The fourth-order valence-electron chi connectivity index (χ4n) is 5.36. The highest BCUT2D eigenvalue weighted by molar-refractivity contribution is 7.90. The summed E-state index contributed by atoms with van der Waals surface area (Å²) < 4.78 is 45.8. The Kier molecular flexibility index (Phi) is 6.42. The number of nitrogens with zero attached hydrogens (tertiary/aromatic N) is 1. The Morgan fingerprint density at radius 1 is 1.00 bits per heavy atom. The molecule has 9 heteroatoms. The topological polar surface area (TPSA) is 94.2 Å². The molecular weight excluding hydrogens is 432 g/mol. The van der Waals surface area contributed by atoms with Gasteiger partial charge in [0, 0.05) is 12.6 Å². The quantitative estimate of drug-likeness (QED) is 0.733. The second kappa shape index (κ2) is 9.29. The lowest BCUT2D eigenvalue weighted by Crippen LogP contribution is -2.61. The highest BCUT2D eigenvalue weighted by Crippen LogP contribution is 2.39. The van der Waals surface area contributed by atoms with E-state index in [2.05, 4.69) is 10.8 Å². The minimum absolute atomic E-state index is 0.0560. The van der Waals surface area contributed by atoms with Crippen molar-refractivity contribution < 1.29 is 27.4 Å². The number of carbonyl (C=O) groups excluding carboxylic acids is 1. The van der Waals surface area contributed by atoms with Gasteiger partial charge in [-0.1, -0.05) is 18.2 Å². The zero-order valence-electron chi connectivity index (χ0n) is 18.3. The van der Waals surface area contributed by atoms with E-state index in [1.165, 1.54) is 5.56 Å². The number of fused-ring (bicyclic) bond motifs is 5. The van der Waals surface area contributed by atoms with Gasteiger partial charge < -0.3 is 19.1 Å². The average Bonchev–Trinajstić information content (AvgIpc) is 2.76. The Morgan fingerprint density at radius 2 is 1.78 bits per heavy atom. The van der Waals surface area contributed by atoms with Gasteiger partial charge in [0.1, 0.15) is 11.0 Å². The van der Waals surface area contributed by atoms with E-state index < -0.39 is 15.3 Å². The van der Waals surface area contributed by atoms with Crippen molar-refractivity contribution in [2.75, 3.05) is 33.0 Å². The number of hydrogen-bond acceptors (Lipinski definition) is 6. The molecule has 4 heterocycles. The van der Waals surface area contributed by atoms with Crippen LogP contribution in [0.4, 0.5) is 0 Å². The van der Waals surface area contributed by atoms with Gasteiger partial charge in [-0.3, -0.25) is 4.79 Å². The van der Waals surface area contributed by atoms with Gasteiger partial charge in [-0.2, -0.15) is 0 Å². The number of carbonyl (C=O) groups is 1. The summed E-state index contributed by atoms with van der Waals surface area (Å²) in [6, 6.07) is 7.29. The van der Waals surface area contributed by atoms with Gasteiger partial charge in [-0.25, -0.2) is 13.1 Å². The molecule has 0 aromatic heterocycles. The summed E-state index contributed by atoms with van der Waals surface area (Å²) in [7, 11) is -3.50. The first-order chi connectivity index (χ1) is 15.5. The molecule has 8 nitrogen and oxygen atoms in total. The summed E-state index contributed by atoms with van der Waals surface area (Å²) in [5, 5.41) is -0.514. The van der Waals surface area contributed by atoms with Gasteiger partial charge in [-0.05, 0) is 56.1 Å². The molecule has 32 heavy (non-hydrogen) atoms. The van der Waals surface area contributed by atoms with E-state index in [-0.39, 0.29) is 43.9 Å². The number of sulfonamides is 1. The van der Waals surface area contributed by atoms with Crippen LogP contribution in [0.25, 0.3) is 0 Å². The van der Waals surface area contributed by atoms with Gasteiger partial charge in [-0.15, -0.1) is 0 Å². The molecule has 6 rings (SSSR count). The van der Waals surface area contributed by atoms with Crippen molar-refractivity contribution in [1.82, 2.24) is 9.62 Å². The number of para-hydroxylation sites is 1. The van der Waals surface area contributed by atoms with Gasteiger partial charge in [0.05, 0.1) is 32.0 Å². The monoisotopic (exact) mass is 464 g/mol. The van der Waals surface area contributed by atoms with Gasteiger partial charge in [0.15, 0.2) is 6.61 Å². The lowest BCUT2D eigenvalue weighted by Gasteiger charge is -2.42. The summed E-state index contributed by atoms with van der Waals surface area (Å²) in [5.41, 5.74) is 1.17. The number of amides is 1. The molecule has 2 atom stereocenters. The second-order valence-corrected chi connectivity index (χ2v) is 11.4. The first-order valence-corrected chi connectivity index (χ1v) is 13.3. The molecular formula is C23H32N2O6S. The van der Waals surface area contributed by atoms with Crippen molar-refractivity contribution in [2.24, 2.45) is 0 Å². The Labute approximate surface area is 189 Å². The molecule has 0 radical (unpaired) electrons. The van der Waals surface area contributed by atoms with Crippen LogP contribution in [0.1, 0.15) is 50.0 Å². The average molecular weight is 465 g/mol. The van der Waals surface area contributed by atoms with Gasteiger partial charge >= 0.3 is 0 Å². The first kappa shape index (κ1) is 22.1. The lowest BCUT2D eigenvalue weighted by molar-refractivity contribution is -0.140. The maximum absolute atomic E-state index is 13.2. The molecule has 1 N–H and O–H groups in total. The van der Waals surface area contributed by atoms with E-state index in [4.69, 9.17) is 14.2 Å². The summed E-state index contributed by atoms with van der Waals surface area (Å²) in [5.74, 6) is 1.06. The standard InChI is InChI=1S/C23H32N2O6S/c26-23-15-31-22-6-2-1-4-19(22)16-7-9-17(10-8-16)30-14-21-20(5-3-11-25(21)23)24-32(27,28)18-12-29-13-18/h1-2,4,6,16-18,20-21,24H,3,5,7-15H2/t16?,17?,20-,21-/m0/s1. The third-order valence-corrected chi connectivity index (χ3v) is 9.13. The molecule has 2 bridgehead atoms. The van der Waals surface area contributed by atoms with Crippen molar-refractivity contribution in [3.63, 3.8) is 0 Å². The Morgan fingerprint density at radius 3 is 2.53 bits per heavy atom. The Hall–Kier alpha value is -1.68. The molecule has 1 aliphatic carbocycles. The predicted molar refractivity (Wildman–Crippen MR) is 118 cm³/mol. The summed E-state index contributed by atoms with van der Waals surface area (Å²) in [4.78, 5) is 15.0. The summed E-state index contributed by atoms with van der Waals surface area (Å²) in [6.07, 6.45) is 5.50. The van der Waals surface area contributed by atoms with Crippen LogP contribution in [0.2, 0.25) is 0 Å². The van der Waals surface area contributed by atoms with Crippen molar-refractivity contribution in [3.8, 4) is 5.75 Å². The van der Waals surface area contributed by atoms with E-state index in [1.54, 1.807) is 4.90 Å². The smallest absolute Gasteiger partial charge is 0.260 e. The van der Waals surface area contributed by atoms with E-state index in [0.717, 1.165) is 37.9 Å². The lowest BCUT2D eigenvalue weighted by atomic mass is 9.82. The van der Waals surface area contributed by atoms with Crippen LogP contribution >= 0.6 is 0 Å². The Balaban J connectivity index is 1.39. The fraction of sp³-hybridized carbons (Fsp3) is 0.696. The minimum atomic E-state index is -3.50. The molecule has 3 fully saturated rings. The largest absolute Gasteiger partial charge is 0.483 e. The molecule has 1 aromatic rings. The van der Waals surface area contributed by atoms with E-state index in [9.17, 15) is 13.2 Å². The van der Waals surface area contributed by atoms with Crippen LogP contribution in [0, 0.1) is 0 Å². The number of benzene rings is 1. The third-order valence-electron chi connectivity index (χ3n) is 7.35. The SMILES string of the molecule is O=C1COc2ccccc2C2CCC(CC2)OC[C@H]2[C@@H](NS(=O)(=O)C3COC3)CCCN12. The third kappa shape index (κ3) is 4.53. The number of ether oxygens (including phenoxy) is 3. The van der Waals surface area contributed by atoms with Crippen molar-refractivity contribution in [3.05, 3.63) is 29.8 Å². The number of piperidine rings is 1. The molecule has 1 aromatic carbocycles. The fourth-order valence-corrected chi connectivity index (χ4v) is 6.80. The zero-order chi connectivity index (χ0) is 22.1. The minimum Gasteiger partial charge on any atom is -0.483 e. The summed E-state index contributed by atoms with van der Waals surface area (Å²) >= 11 is 0. The van der Waals surface area contributed by atoms with Crippen LogP contribution in [-0.2, 0) is 24.3 Å². The molecule has 1 amide bonds. The normalized spacial score (nSPS) is 31.9. The predicted octanol–water partition coefficient (Wildman–Crippen LogP) is 1.80. The summed E-state index contributed by atoms with van der Waals surface area (Å²) in [6.45, 7) is 1.31. The van der Waals surface area contributed by atoms with E-state index in [0.29, 0.717) is 25.5 Å². The van der Waals surface area contributed by atoms with Crippen molar-refractivity contribution in [1.29, 1.82) is 0 Å². The van der Waals surface area contributed by atoms with Crippen LogP contribution in [-0.4, -0.2) is 75.6 Å². The molecule has 4 aliphatic heterocycles. The number of nitrogens with one attached hydrogen (secondary N) is 1. The van der Waals surface area contributed by atoms with E-state index >= 15 is 0 Å². The molecule has 5 aliphatic rings. The highest BCUT2D eigenvalue weighted by Gasteiger charge is 2.41. The second-order valence-electron chi connectivity index (χ2n) is 9.36. The maximum Gasteiger partial charge on any atom is 0.260 e.